The Labute approximate surface area is 134 Å². The van der Waals surface area contributed by atoms with Gasteiger partial charge >= 0.3 is 5.97 Å². The van der Waals surface area contributed by atoms with Crippen molar-refractivity contribution in [1.82, 2.24) is 4.90 Å². The first-order valence-corrected chi connectivity index (χ1v) is 8.19. The van der Waals surface area contributed by atoms with Crippen molar-refractivity contribution >= 4 is 5.97 Å². The molecule has 0 amide bonds. The van der Waals surface area contributed by atoms with Gasteiger partial charge in [-0.15, -0.1) is 0 Å². The summed E-state index contributed by atoms with van der Waals surface area (Å²) in [5.74, 6) is -0.739. The smallest absolute Gasteiger partial charge is 0.314 e. The minimum atomic E-state index is -0.739. The summed E-state index contributed by atoms with van der Waals surface area (Å²) >= 11 is 0. The van der Waals surface area contributed by atoms with Crippen LogP contribution in [0.15, 0.2) is 30.3 Å². The number of hydrogen-bond acceptors (Lipinski definition) is 3. The van der Waals surface area contributed by atoms with Gasteiger partial charge in [0.25, 0.3) is 0 Å². The maximum absolute atomic E-state index is 11.4. The highest BCUT2D eigenvalue weighted by Gasteiger charge is 2.41. The number of hydrogen-bond donors (Lipinski definition) is 1. The van der Waals surface area contributed by atoms with E-state index in [1.54, 1.807) is 0 Å². The molecule has 124 valence electrons. The van der Waals surface area contributed by atoms with Crippen LogP contribution in [-0.4, -0.2) is 48.8 Å². The molecule has 22 heavy (non-hydrogen) atoms. The predicted molar refractivity (Wildman–Crippen MR) is 89.3 cm³/mol. The van der Waals surface area contributed by atoms with E-state index in [0.29, 0.717) is 26.1 Å². The molecule has 0 atom stereocenters. The number of rotatable bonds is 5. The summed E-state index contributed by atoms with van der Waals surface area (Å²) in [4.78, 5) is 13.8. The van der Waals surface area contributed by atoms with Crippen molar-refractivity contribution in [2.24, 2.45) is 0 Å². The lowest BCUT2D eigenvalue weighted by Gasteiger charge is -2.33. The molecule has 1 aliphatic heterocycles. The highest BCUT2D eigenvalue weighted by atomic mass is 16.5. The molecule has 0 bridgehead atoms. The van der Waals surface area contributed by atoms with E-state index in [-0.39, 0.29) is 0 Å². The molecule has 1 aromatic rings. The van der Waals surface area contributed by atoms with Gasteiger partial charge in [0.1, 0.15) is 0 Å². The average molecular weight is 307 g/mol. The van der Waals surface area contributed by atoms with Gasteiger partial charge in [-0.05, 0) is 38.0 Å². The summed E-state index contributed by atoms with van der Waals surface area (Å²) in [7, 11) is 0. The lowest BCUT2D eigenvalue weighted by atomic mass is 9.74. The lowest BCUT2D eigenvalue weighted by molar-refractivity contribution is -0.147. The first kappa shape index (κ1) is 18.7. The van der Waals surface area contributed by atoms with Crippen LogP contribution in [0.4, 0.5) is 0 Å². The van der Waals surface area contributed by atoms with E-state index in [9.17, 15) is 9.90 Å². The number of nitrogens with zero attached hydrogens (tertiary/aromatic N) is 1. The molecule has 1 aliphatic rings. The van der Waals surface area contributed by atoms with E-state index in [1.165, 1.54) is 19.6 Å². The van der Waals surface area contributed by atoms with Crippen LogP contribution in [0.2, 0.25) is 0 Å². The zero-order valence-electron chi connectivity index (χ0n) is 14.0. The summed E-state index contributed by atoms with van der Waals surface area (Å²) < 4.78 is 5.23. The van der Waals surface area contributed by atoms with E-state index in [0.717, 1.165) is 5.56 Å². The molecule has 0 aromatic heterocycles. The standard InChI is InChI=1S/C12H14O3.C6H15N/c13-11(14)12(6-8-15-9-7-12)10-4-2-1-3-5-10;1-4-7(5-2)6-3/h1-5H,6-9H2,(H,13,14);4-6H2,1-3H3. The van der Waals surface area contributed by atoms with E-state index < -0.39 is 11.4 Å². The van der Waals surface area contributed by atoms with Crippen LogP contribution in [0.25, 0.3) is 0 Å². The summed E-state index contributed by atoms with van der Waals surface area (Å²) in [5, 5.41) is 9.39. The van der Waals surface area contributed by atoms with Crippen molar-refractivity contribution in [1.29, 1.82) is 0 Å². The summed E-state index contributed by atoms with van der Waals surface area (Å²) in [5.41, 5.74) is 0.153. The molecule has 0 spiro atoms. The molecule has 2 rings (SSSR count). The second kappa shape index (κ2) is 9.59. The topological polar surface area (TPSA) is 49.8 Å². The van der Waals surface area contributed by atoms with Gasteiger partial charge in [0.05, 0.1) is 5.41 Å². The Balaban J connectivity index is 0.000000295. The minimum absolute atomic E-state index is 0.529. The lowest BCUT2D eigenvalue weighted by Crippen LogP contribution is -2.41. The Morgan fingerprint density at radius 3 is 1.95 bits per heavy atom. The van der Waals surface area contributed by atoms with E-state index >= 15 is 0 Å². The Morgan fingerprint density at radius 1 is 1.09 bits per heavy atom. The summed E-state index contributed by atoms with van der Waals surface area (Å²) in [6.07, 6.45) is 1.12. The van der Waals surface area contributed by atoms with Gasteiger partial charge in [0, 0.05) is 13.2 Å². The molecule has 1 heterocycles. The Kier molecular flexibility index (Phi) is 8.13. The third-order valence-corrected chi connectivity index (χ3v) is 4.42. The van der Waals surface area contributed by atoms with Crippen molar-refractivity contribution in [2.75, 3.05) is 32.8 Å². The fourth-order valence-corrected chi connectivity index (χ4v) is 2.77. The number of carboxylic acid groups (broad SMARTS) is 1. The zero-order chi connectivity index (χ0) is 16.4. The molecule has 1 saturated heterocycles. The SMILES string of the molecule is CCN(CC)CC.O=C(O)C1(c2ccccc2)CCOCC1. The first-order valence-electron chi connectivity index (χ1n) is 8.19. The monoisotopic (exact) mass is 307 g/mol. The van der Waals surface area contributed by atoms with Crippen molar-refractivity contribution in [2.45, 2.75) is 39.0 Å². The van der Waals surface area contributed by atoms with Crippen LogP contribution in [0.1, 0.15) is 39.2 Å². The summed E-state index contributed by atoms with van der Waals surface area (Å²) in [6.45, 7) is 11.2. The minimum Gasteiger partial charge on any atom is -0.481 e. The first-order chi connectivity index (χ1) is 10.6. The van der Waals surface area contributed by atoms with Gasteiger partial charge in [-0.3, -0.25) is 4.79 Å². The molecular formula is C18H29NO3. The third-order valence-electron chi connectivity index (χ3n) is 4.42. The summed E-state index contributed by atoms with van der Waals surface area (Å²) in [6, 6.07) is 9.45. The molecule has 0 unspecified atom stereocenters. The highest BCUT2D eigenvalue weighted by molar-refractivity contribution is 5.81. The molecule has 0 aliphatic carbocycles. The molecule has 4 heteroatoms. The second-order valence-corrected chi connectivity index (χ2v) is 5.49. The van der Waals surface area contributed by atoms with Crippen LogP contribution in [0, 0.1) is 0 Å². The van der Waals surface area contributed by atoms with Crippen molar-refractivity contribution in [3.05, 3.63) is 35.9 Å². The normalized spacial score (nSPS) is 16.7. The second-order valence-electron chi connectivity index (χ2n) is 5.49. The average Bonchev–Trinajstić information content (AvgIpc) is 2.58. The quantitative estimate of drug-likeness (QED) is 0.908. The van der Waals surface area contributed by atoms with Crippen LogP contribution >= 0.6 is 0 Å². The molecule has 0 saturated carbocycles. The van der Waals surface area contributed by atoms with Crippen LogP contribution in [-0.2, 0) is 14.9 Å². The number of carboxylic acids is 1. The molecule has 1 fully saturated rings. The third kappa shape index (κ3) is 4.82. The van der Waals surface area contributed by atoms with E-state index in [2.05, 4.69) is 25.7 Å². The molecular weight excluding hydrogens is 278 g/mol. The van der Waals surface area contributed by atoms with Gasteiger partial charge in [0.15, 0.2) is 0 Å². The molecule has 0 radical (unpaired) electrons. The van der Waals surface area contributed by atoms with Gasteiger partial charge in [0.2, 0.25) is 0 Å². The Bertz CT molecular complexity index is 418. The highest BCUT2D eigenvalue weighted by Crippen LogP contribution is 2.34. The fraction of sp³-hybridized carbons (Fsp3) is 0.611. The van der Waals surface area contributed by atoms with E-state index in [1.807, 2.05) is 30.3 Å². The van der Waals surface area contributed by atoms with Crippen LogP contribution < -0.4 is 0 Å². The number of ether oxygens (including phenoxy) is 1. The zero-order valence-corrected chi connectivity index (χ0v) is 14.0. The fourth-order valence-electron chi connectivity index (χ4n) is 2.77. The Morgan fingerprint density at radius 2 is 1.59 bits per heavy atom. The molecule has 1 N–H and O–H groups in total. The van der Waals surface area contributed by atoms with Crippen LogP contribution in [0.5, 0.6) is 0 Å². The van der Waals surface area contributed by atoms with Crippen molar-refractivity contribution in [3.8, 4) is 0 Å². The van der Waals surface area contributed by atoms with Crippen molar-refractivity contribution in [3.63, 3.8) is 0 Å². The number of carbonyl (C=O) groups is 1. The van der Waals surface area contributed by atoms with Gasteiger partial charge in [-0.1, -0.05) is 51.1 Å². The van der Waals surface area contributed by atoms with Gasteiger partial charge in [-0.25, -0.2) is 0 Å². The van der Waals surface area contributed by atoms with Gasteiger partial charge < -0.3 is 14.7 Å². The maximum atomic E-state index is 11.4. The molecule has 1 aromatic carbocycles. The van der Waals surface area contributed by atoms with Crippen LogP contribution in [0.3, 0.4) is 0 Å². The largest absolute Gasteiger partial charge is 0.481 e. The molecule has 4 nitrogen and oxygen atoms in total. The maximum Gasteiger partial charge on any atom is 0.314 e. The number of benzene rings is 1. The van der Waals surface area contributed by atoms with Crippen molar-refractivity contribution < 1.29 is 14.6 Å². The predicted octanol–water partition coefficient (Wildman–Crippen LogP) is 3.17. The van der Waals surface area contributed by atoms with Gasteiger partial charge in [-0.2, -0.15) is 0 Å². The number of aliphatic carboxylic acids is 1. The van der Waals surface area contributed by atoms with E-state index in [4.69, 9.17) is 4.74 Å². The Hall–Kier alpha value is -1.39.